The van der Waals surface area contributed by atoms with Gasteiger partial charge in [-0.15, -0.1) is 0 Å². The van der Waals surface area contributed by atoms with Crippen molar-refractivity contribution in [3.8, 4) is 0 Å². The summed E-state index contributed by atoms with van der Waals surface area (Å²) >= 11 is 0. The molecule has 0 saturated heterocycles. The highest BCUT2D eigenvalue weighted by Gasteiger charge is 2.52. The molecule has 2 saturated carbocycles. The Balaban J connectivity index is 1.99. The predicted octanol–water partition coefficient (Wildman–Crippen LogP) is -1.74. The zero-order chi connectivity index (χ0) is 17.3. The van der Waals surface area contributed by atoms with Crippen LogP contribution in [-0.4, -0.2) is 59.7 Å². The van der Waals surface area contributed by atoms with Gasteiger partial charge in [0.2, 0.25) is 11.8 Å². The third-order valence-electron chi connectivity index (χ3n) is 4.45. The van der Waals surface area contributed by atoms with E-state index in [4.69, 9.17) is 5.73 Å². The second-order valence-corrected chi connectivity index (χ2v) is 8.56. The highest BCUT2D eigenvalue weighted by atomic mass is 32.2. The Morgan fingerprint density at radius 3 is 2.22 bits per heavy atom. The number of aliphatic hydroxyl groups is 2. The lowest BCUT2D eigenvalue weighted by molar-refractivity contribution is -0.147. The van der Waals surface area contributed by atoms with E-state index >= 15 is 0 Å². The monoisotopic (exact) mass is 347 g/mol. The van der Waals surface area contributed by atoms with Gasteiger partial charge in [0, 0.05) is 0 Å². The summed E-state index contributed by atoms with van der Waals surface area (Å²) in [6, 6.07) is 0. The van der Waals surface area contributed by atoms with E-state index in [9.17, 15) is 28.2 Å². The smallest absolute Gasteiger partial charge is 0.248 e. The number of rotatable bonds is 7. The Labute approximate surface area is 135 Å². The number of hydrogen-bond donors (Lipinski definition) is 4. The van der Waals surface area contributed by atoms with Gasteiger partial charge >= 0.3 is 0 Å². The van der Waals surface area contributed by atoms with Crippen molar-refractivity contribution in [2.75, 3.05) is 11.5 Å². The van der Waals surface area contributed by atoms with Crippen LogP contribution in [0.5, 0.6) is 0 Å². The molecule has 2 aliphatic carbocycles. The molecule has 0 aliphatic heterocycles. The Hall–Kier alpha value is -1.19. The van der Waals surface area contributed by atoms with Crippen molar-refractivity contribution in [3.63, 3.8) is 0 Å². The molecule has 0 spiro atoms. The van der Waals surface area contributed by atoms with Gasteiger partial charge in [-0.05, 0) is 38.0 Å². The second-order valence-electron chi connectivity index (χ2n) is 6.41. The minimum atomic E-state index is -3.38. The molecule has 131 valence electrons. The lowest BCUT2D eigenvalue weighted by Gasteiger charge is -2.42. The fraction of sp³-hybridized carbons (Fsp3) is 0.786. The van der Waals surface area contributed by atoms with Gasteiger partial charge in [0.25, 0.3) is 0 Å². The van der Waals surface area contributed by atoms with Crippen molar-refractivity contribution in [1.29, 1.82) is 0 Å². The fourth-order valence-corrected chi connectivity index (χ4v) is 4.50. The minimum Gasteiger partial charge on any atom is -0.390 e. The molecular formula is C14H23N2O6S. The maximum atomic E-state index is 12.0. The normalized spacial score (nSPS) is 31.6. The lowest BCUT2D eigenvalue weighted by Crippen LogP contribution is -2.72. The van der Waals surface area contributed by atoms with Gasteiger partial charge < -0.3 is 21.3 Å². The second kappa shape index (κ2) is 6.74. The van der Waals surface area contributed by atoms with E-state index in [0.717, 1.165) is 19.3 Å². The number of amides is 2. The standard InChI is InChI=1S/C14H23N2O6S/c15-13(20)14(10(17)2-1-3-11(14)18)16-12(19)6-7-23(21,22)8-9-4-5-9/h6,9-11,17-18H,1-5,7-8H2,(H2,15,20)(H,16,19)/t10-,11?,14?/m1/s1. The number of sulfone groups is 1. The van der Waals surface area contributed by atoms with Crippen molar-refractivity contribution in [1.82, 2.24) is 5.32 Å². The number of aliphatic hydroxyl groups excluding tert-OH is 2. The number of carbonyl (C=O) groups is 2. The van der Waals surface area contributed by atoms with E-state index in [1.165, 1.54) is 0 Å². The number of nitrogens with two attached hydrogens (primary N) is 1. The van der Waals surface area contributed by atoms with Gasteiger partial charge in [-0.2, -0.15) is 0 Å². The summed E-state index contributed by atoms with van der Waals surface area (Å²) in [5.41, 5.74) is 3.30. The lowest BCUT2D eigenvalue weighted by atomic mass is 9.76. The topological polar surface area (TPSA) is 147 Å². The highest BCUT2D eigenvalue weighted by molar-refractivity contribution is 7.91. The first kappa shape index (κ1) is 18.2. The van der Waals surface area contributed by atoms with Gasteiger partial charge in [-0.1, -0.05) is 0 Å². The van der Waals surface area contributed by atoms with Crippen LogP contribution in [0.2, 0.25) is 0 Å². The zero-order valence-electron chi connectivity index (χ0n) is 12.8. The van der Waals surface area contributed by atoms with Gasteiger partial charge in [0.1, 0.15) is 0 Å². The maximum absolute atomic E-state index is 12.0. The van der Waals surface area contributed by atoms with Crippen molar-refractivity contribution in [3.05, 3.63) is 6.42 Å². The summed E-state index contributed by atoms with van der Waals surface area (Å²) in [7, 11) is -3.38. The highest BCUT2D eigenvalue weighted by Crippen LogP contribution is 2.31. The molecule has 2 fully saturated rings. The molecule has 9 heteroatoms. The SMILES string of the molecule is NC(=O)C1(NC(=O)[CH]CS(=O)(=O)CC2CC2)C(O)CCC[C@H]1O. The fourth-order valence-electron chi connectivity index (χ4n) is 2.91. The van der Waals surface area contributed by atoms with Gasteiger partial charge in [-0.25, -0.2) is 8.42 Å². The number of carbonyl (C=O) groups excluding carboxylic acids is 2. The summed E-state index contributed by atoms with van der Waals surface area (Å²) in [5, 5.41) is 22.4. The third kappa shape index (κ3) is 4.21. The van der Waals surface area contributed by atoms with Crippen molar-refractivity contribution >= 4 is 21.7 Å². The minimum absolute atomic E-state index is 0.0446. The summed E-state index contributed by atoms with van der Waals surface area (Å²) < 4.78 is 23.6. The van der Waals surface area contributed by atoms with Crippen LogP contribution in [0.1, 0.15) is 32.1 Å². The number of hydrogen-bond acceptors (Lipinski definition) is 6. The van der Waals surface area contributed by atoms with Crippen LogP contribution in [0, 0.1) is 12.3 Å². The molecule has 23 heavy (non-hydrogen) atoms. The Bertz CT molecular complexity index is 562. The number of primary amides is 1. The van der Waals surface area contributed by atoms with Crippen LogP contribution in [-0.2, 0) is 19.4 Å². The molecule has 0 aromatic rings. The van der Waals surface area contributed by atoms with Gasteiger partial charge in [0.05, 0.1) is 30.1 Å². The van der Waals surface area contributed by atoms with E-state index in [2.05, 4.69) is 5.32 Å². The molecule has 2 unspecified atom stereocenters. The molecule has 0 aromatic carbocycles. The summed E-state index contributed by atoms with van der Waals surface area (Å²) in [5.74, 6) is -2.11. The number of nitrogens with one attached hydrogen (secondary N) is 1. The van der Waals surface area contributed by atoms with Crippen LogP contribution in [0.4, 0.5) is 0 Å². The van der Waals surface area contributed by atoms with Gasteiger partial charge in [-0.3, -0.25) is 9.59 Å². The third-order valence-corrected chi connectivity index (χ3v) is 6.11. The van der Waals surface area contributed by atoms with E-state index in [0.29, 0.717) is 6.42 Å². The van der Waals surface area contributed by atoms with Crippen LogP contribution in [0.25, 0.3) is 0 Å². The van der Waals surface area contributed by atoms with Crippen LogP contribution >= 0.6 is 0 Å². The molecular weight excluding hydrogens is 324 g/mol. The zero-order valence-corrected chi connectivity index (χ0v) is 13.6. The summed E-state index contributed by atoms with van der Waals surface area (Å²) in [6.07, 6.45) is 0.959. The first-order chi connectivity index (χ1) is 10.7. The Morgan fingerprint density at radius 1 is 1.17 bits per heavy atom. The molecule has 5 N–H and O–H groups in total. The molecule has 1 radical (unpaired) electrons. The van der Waals surface area contributed by atoms with Crippen molar-refractivity contribution < 1.29 is 28.2 Å². The van der Waals surface area contributed by atoms with E-state index in [1.807, 2.05) is 0 Å². The first-order valence-electron chi connectivity index (χ1n) is 7.69. The van der Waals surface area contributed by atoms with Gasteiger partial charge in [0.15, 0.2) is 15.4 Å². The Kier molecular flexibility index (Phi) is 5.32. The molecule has 2 aliphatic rings. The Morgan fingerprint density at radius 2 is 1.74 bits per heavy atom. The van der Waals surface area contributed by atoms with E-state index < -0.39 is 45.2 Å². The van der Waals surface area contributed by atoms with Crippen LogP contribution in [0.3, 0.4) is 0 Å². The van der Waals surface area contributed by atoms with Crippen molar-refractivity contribution in [2.45, 2.75) is 49.9 Å². The molecule has 3 atom stereocenters. The molecule has 0 bridgehead atoms. The summed E-state index contributed by atoms with van der Waals surface area (Å²) in [6.45, 7) is 0. The van der Waals surface area contributed by atoms with Crippen molar-refractivity contribution in [2.24, 2.45) is 11.7 Å². The van der Waals surface area contributed by atoms with Crippen LogP contribution < -0.4 is 11.1 Å². The average Bonchev–Trinajstić information content (AvgIpc) is 3.24. The average molecular weight is 347 g/mol. The molecule has 2 rings (SSSR count). The van der Waals surface area contributed by atoms with E-state index in [1.54, 1.807) is 0 Å². The molecule has 0 aromatic heterocycles. The maximum Gasteiger partial charge on any atom is 0.248 e. The molecule has 2 amide bonds. The predicted molar refractivity (Wildman–Crippen MR) is 81.6 cm³/mol. The quantitative estimate of drug-likeness (QED) is 0.430. The molecule has 0 heterocycles. The summed E-state index contributed by atoms with van der Waals surface area (Å²) in [4.78, 5) is 23.7. The van der Waals surface area contributed by atoms with Crippen LogP contribution in [0.15, 0.2) is 0 Å². The molecule has 8 nitrogen and oxygen atoms in total. The van der Waals surface area contributed by atoms with E-state index in [-0.39, 0.29) is 24.5 Å². The first-order valence-corrected chi connectivity index (χ1v) is 9.51. The largest absolute Gasteiger partial charge is 0.390 e.